The van der Waals surface area contributed by atoms with E-state index in [-0.39, 0.29) is 24.5 Å². The molecule has 4 aromatic rings. The molecule has 0 saturated carbocycles. The number of aromatic nitrogens is 3. The number of nitrogens with zero attached hydrogens (tertiary/aromatic N) is 3. The van der Waals surface area contributed by atoms with Crippen LogP contribution in [0.15, 0.2) is 73.1 Å². The van der Waals surface area contributed by atoms with Gasteiger partial charge in [-0.15, -0.1) is 13.2 Å². The van der Waals surface area contributed by atoms with Gasteiger partial charge >= 0.3 is 6.36 Å². The number of hydrogen-bond acceptors (Lipinski definition) is 7. The van der Waals surface area contributed by atoms with Crippen molar-refractivity contribution in [3.8, 4) is 11.5 Å². The van der Waals surface area contributed by atoms with Gasteiger partial charge in [0, 0.05) is 12.6 Å². The smallest absolute Gasteiger partial charge is 0.491 e. The van der Waals surface area contributed by atoms with Crippen LogP contribution in [0, 0.1) is 0 Å². The molecule has 0 bridgehead atoms. The molecular formula is C25H19F3N4O5. The normalized spacial score (nSPS) is 16.4. The van der Waals surface area contributed by atoms with Crippen LogP contribution in [-0.2, 0) is 10.3 Å². The van der Waals surface area contributed by atoms with Gasteiger partial charge in [0.05, 0.1) is 23.8 Å². The van der Waals surface area contributed by atoms with Crippen molar-refractivity contribution in [1.82, 2.24) is 20.3 Å². The number of benzene rings is 2. The number of alkyl halides is 3. The SMILES string of the molecule is O=C(N[C@]1(c2ccc(OC(F)(F)F)cc2)CCOc2cccnc21)c1cnc2ccccc2n1.O=CO. The largest absolute Gasteiger partial charge is 0.573 e. The van der Waals surface area contributed by atoms with E-state index in [9.17, 15) is 18.0 Å². The standard InChI is InChI=1S/C24H17F3N4O3.CH2O2/c25-24(26,27)34-16-9-7-15(8-10-16)23(11-13-33-20-6-3-12-28-21(20)23)31-22(32)19-14-29-17-4-1-2-5-18(17)30-19;2-1-3/h1-10,12,14H,11,13H2,(H,31,32);1H,(H,2,3)/t23-;/m0./s1. The lowest BCUT2D eigenvalue weighted by Gasteiger charge is -2.38. The first kappa shape index (κ1) is 25.4. The number of rotatable bonds is 4. The number of pyridine rings is 1. The topological polar surface area (TPSA) is 124 Å². The average molecular weight is 512 g/mol. The van der Waals surface area contributed by atoms with E-state index in [2.05, 4.69) is 25.0 Å². The Morgan fingerprint density at radius 1 is 1.05 bits per heavy atom. The Morgan fingerprint density at radius 3 is 2.46 bits per heavy atom. The summed E-state index contributed by atoms with van der Waals surface area (Å²) in [5.74, 6) is -0.409. The third kappa shape index (κ3) is 5.58. The van der Waals surface area contributed by atoms with E-state index in [0.717, 1.165) is 0 Å². The molecule has 1 aliphatic heterocycles. The Labute approximate surface area is 207 Å². The highest BCUT2D eigenvalue weighted by molar-refractivity contribution is 5.94. The zero-order valence-corrected chi connectivity index (χ0v) is 19.0. The third-order valence-electron chi connectivity index (χ3n) is 5.50. The highest BCUT2D eigenvalue weighted by atomic mass is 19.4. The second-order valence-electron chi connectivity index (χ2n) is 7.73. The number of carbonyl (C=O) groups is 2. The number of fused-ring (bicyclic) bond motifs is 2. The van der Waals surface area contributed by atoms with Crippen LogP contribution in [0.25, 0.3) is 11.0 Å². The predicted octanol–water partition coefficient (Wildman–Crippen LogP) is 4.08. The molecule has 1 aliphatic rings. The van der Waals surface area contributed by atoms with Gasteiger partial charge in [-0.3, -0.25) is 19.6 Å². The predicted molar refractivity (Wildman–Crippen MR) is 124 cm³/mol. The number of amides is 1. The first-order valence-electron chi connectivity index (χ1n) is 10.8. The summed E-state index contributed by atoms with van der Waals surface area (Å²) >= 11 is 0. The van der Waals surface area contributed by atoms with Crippen molar-refractivity contribution in [2.75, 3.05) is 6.61 Å². The van der Waals surface area contributed by atoms with Gasteiger partial charge in [-0.2, -0.15) is 0 Å². The molecule has 0 spiro atoms. The maximum absolute atomic E-state index is 13.3. The van der Waals surface area contributed by atoms with Crippen molar-refractivity contribution >= 4 is 23.4 Å². The van der Waals surface area contributed by atoms with Crippen LogP contribution in [0.3, 0.4) is 0 Å². The van der Waals surface area contributed by atoms with E-state index in [1.54, 1.807) is 36.5 Å². The second kappa shape index (κ2) is 10.5. The van der Waals surface area contributed by atoms with Gasteiger partial charge in [-0.1, -0.05) is 24.3 Å². The highest BCUT2D eigenvalue weighted by Gasteiger charge is 2.43. The number of hydrogen-bond donors (Lipinski definition) is 2. The van der Waals surface area contributed by atoms with Gasteiger partial charge in [0.25, 0.3) is 12.4 Å². The molecule has 190 valence electrons. The maximum atomic E-state index is 13.3. The lowest BCUT2D eigenvalue weighted by Crippen LogP contribution is -2.50. The Kier molecular flexibility index (Phi) is 7.18. The van der Waals surface area contributed by atoms with E-state index in [1.165, 1.54) is 30.5 Å². The molecule has 0 unspecified atom stereocenters. The molecule has 2 N–H and O–H groups in total. The number of para-hydroxylation sites is 2. The summed E-state index contributed by atoms with van der Waals surface area (Å²) < 4.78 is 47.6. The second-order valence-corrected chi connectivity index (χ2v) is 7.73. The van der Waals surface area contributed by atoms with Crippen molar-refractivity contribution in [2.45, 2.75) is 18.3 Å². The fraction of sp³-hybridized carbons (Fsp3) is 0.160. The van der Waals surface area contributed by atoms with E-state index in [1.807, 2.05) is 6.07 Å². The Morgan fingerprint density at radius 2 is 1.76 bits per heavy atom. The van der Waals surface area contributed by atoms with Crippen molar-refractivity contribution in [1.29, 1.82) is 0 Å². The Hall–Kier alpha value is -4.74. The minimum atomic E-state index is -4.81. The highest BCUT2D eigenvalue weighted by Crippen LogP contribution is 2.41. The van der Waals surface area contributed by atoms with Gasteiger partial charge in [-0.05, 0) is 42.0 Å². The fourth-order valence-corrected chi connectivity index (χ4v) is 4.00. The minimum Gasteiger partial charge on any atom is -0.491 e. The molecule has 0 fully saturated rings. The van der Waals surface area contributed by atoms with Crippen LogP contribution in [-0.4, -0.2) is 45.4 Å². The van der Waals surface area contributed by atoms with Crippen LogP contribution in [0.5, 0.6) is 11.5 Å². The molecule has 2 aromatic heterocycles. The minimum absolute atomic E-state index is 0.0964. The third-order valence-corrected chi connectivity index (χ3v) is 5.50. The van der Waals surface area contributed by atoms with Crippen LogP contribution in [0.2, 0.25) is 0 Å². The molecular weight excluding hydrogens is 493 g/mol. The number of nitrogens with one attached hydrogen (secondary N) is 1. The summed E-state index contributed by atoms with van der Waals surface area (Å²) in [7, 11) is 0. The van der Waals surface area contributed by atoms with Crippen molar-refractivity contribution in [3.05, 3.63) is 90.0 Å². The summed E-state index contributed by atoms with van der Waals surface area (Å²) in [6.45, 7) is 0.00315. The first-order chi connectivity index (χ1) is 17.8. The molecule has 1 amide bonds. The first-order valence-corrected chi connectivity index (χ1v) is 10.8. The van der Waals surface area contributed by atoms with Crippen molar-refractivity contribution < 1.29 is 37.3 Å². The molecule has 1 atom stereocenters. The molecule has 3 heterocycles. The quantitative estimate of drug-likeness (QED) is 0.392. The zero-order valence-electron chi connectivity index (χ0n) is 19.0. The van der Waals surface area contributed by atoms with Crippen LogP contribution in [0.1, 0.15) is 28.2 Å². The van der Waals surface area contributed by atoms with Gasteiger partial charge in [0.15, 0.2) is 0 Å². The monoisotopic (exact) mass is 512 g/mol. The number of carbonyl (C=O) groups excluding carboxylic acids is 1. The molecule has 12 heteroatoms. The molecule has 0 saturated heterocycles. The van der Waals surface area contributed by atoms with Gasteiger partial charge in [0.1, 0.15) is 28.4 Å². The van der Waals surface area contributed by atoms with E-state index in [4.69, 9.17) is 14.6 Å². The van der Waals surface area contributed by atoms with Crippen LogP contribution in [0.4, 0.5) is 13.2 Å². The average Bonchev–Trinajstić information content (AvgIpc) is 2.88. The maximum Gasteiger partial charge on any atom is 0.573 e. The summed E-state index contributed by atoms with van der Waals surface area (Å²) in [5, 5.41) is 9.90. The van der Waals surface area contributed by atoms with Crippen LogP contribution < -0.4 is 14.8 Å². The summed E-state index contributed by atoms with van der Waals surface area (Å²) in [4.78, 5) is 34.8. The molecule has 0 radical (unpaired) electrons. The Bertz CT molecular complexity index is 1420. The molecule has 0 aliphatic carbocycles. The number of halogens is 3. The fourth-order valence-electron chi connectivity index (χ4n) is 4.00. The zero-order chi connectivity index (χ0) is 26.5. The lowest BCUT2D eigenvalue weighted by atomic mass is 9.81. The summed E-state index contributed by atoms with van der Waals surface area (Å²) in [5.41, 5.74) is 1.09. The van der Waals surface area contributed by atoms with Gasteiger partial charge < -0.3 is 19.9 Å². The number of ether oxygens (including phenoxy) is 2. The lowest BCUT2D eigenvalue weighted by molar-refractivity contribution is -0.274. The Balaban J connectivity index is 0.00000102. The van der Waals surface area contributed by atoms with E-state index < -0.39 is 17.8 Å². The van der Waals surface area contributed by atoms with E-state index in [0.29, 0.717) is 34.5 Å². The van der Waals surface area contributed by atoms with Gasteiger partial charge in [-0.25, -0.2) is 4.98 Å². The van der Waals surface area contributed by atoms with Crippen molar-refractivity contribution in [2.24, 2.45) is 0 Å². The molecule has 37 heavy (non-hydrogen) atoms. The molecule has 2 aromatic carbocycles. The number of carboxylic acid groups (broad SMARTS) is 1. The van der Waals surface area contributed by atoms with Gasteiger partial charge in [0.2, 0.25) is 0 Å². The molecule has 5 rings (SSSR count). The molecule has 9 nitrogen and oxygen atoms in total. The van der Waals surface area contributed by atoms with E-state index >= 15 is 0 Å². The van der Waals surface area contributed by atoms with Crippen molar-refractivity contribution in [3.63, 3.8) is 0 Å². The summed E-state index contributed by atoms with van der Waals surface area (Å²) in [6, 6.07) is 15.9. The van der Waals surface area contributed by atoms with Crippen LogP contribution >= 0.6 is 0 Å². The summed E-state index contributed by atoms with van der Waals surface area (Å²) in [6.07, 6.45) is -1.58.